The van der Waals surface area contributed by atoms with E-state index in [0.29, 0.717) is 23.0 Å². The maximum atomic E-state index is 14.8. The van der Waals surface area contributed by atoms with Gasteiger partial charge in [-0.05, 0) is 43.3 Å². The van der Waals surface area contributed by atoms with E-state index in [1.165, 1.54) is 50.8 Å². The summed E-state index contributed by atoms with van der Waals surface area (Å²) in [7, 11) is 0. The van der Waals surface area contributed by atoms with Crippen molar-refractivity contribution >= 4 is 5.65 Å². The summed E-state index contributed by atoms with van der Waals surface area (Å²) in [4.78, 5) is 21.7. The molecular weight excluding hydrogens is 461 g/mol. The van der Waals surface area contributed by atoms with Crippen LogP contribution in [0.25, 0.3) is 16.9 Å². The van der Waals surface area contributed by atoms with Crippen LogP contribution >= 0.6 is 0 Å². The van der Waals surface area contributed by atoms with E-state index in [2.05, 4.69) is 15.1 Å². The molecule has 5 aromatic rings. The number of nitrogens with zero attached hydrogens (tertiary/aromatic N) is 6. The number of hydrogen-bond donors (Lipinski definition) is 1. The van der Waals surface area contributed by atoms with Crippen molar-refractivity contribution in [1.82, 2.24) is 28.7 Å². The molecule has 0 bridgehead atoms. The van der Waals surface area contributed by atoms with Gasteiger partial charge in [-0.2, -0.15) is 5.10 Å². The van der Waals surface area contributed by atoms with E-state index in [1.54, 1.807) is 25.1 Å². The molecule has 178 valence electrons. The average molecular weight is 480 g/mol. The molecule has 1 N–H and O–H groups in total. The minimum atomic E-state index is -2.01. The molecule has 0 aliphatic rings. The minimum absolute atomic E-state index is 0.202. The summed E-state index contributed by atoms with van der Waals surface area (Å²) in [6.07, 6.45) is 5.54. The molecule has 0 radical (unpaired) electrons. The molecule has 0 aliphatic carbocycles. The lowest BCUT2D eigenvalue weighted by molar-refractivity contribution is -0.0346. The lowest BCUT2D eigenvalue weighted by Gasteiger charge is -2.35. The fraction of sp³-hybridized carbons (Fsp3) is 0.167. The Morgan fingerprint density at radius 2 is 1.80 bits per heavy atom. The Labute approximate surface area is 196 Å². The van der Waals surface area contributed by atoms with Gasteiger partial charge < -0.3 is 5.11 Å². The van der Waals surface area contributed by atoms with Crippen LogP contribution < -0.4 is 5.69 Å². The number of aliphatic hydroxyl groups is 1. The van der Waals surface area contributed by atoms with E-state index in [0.717, 1.165) is 12.1 Å². The maximum absolute atomic E-state index is 14.8. The van der Waals surface area contributed by atoms with Crippen molar-refractivity contribution in [2.45, 2.75) is 25.1 Å². The third-order valence-corrected chi connectivity index (χ3v) is 6.06. The van der Waals surface area contributed by atoms with Crippen molar-refractivity contribution in [3.63, 3.8) is 0 Å². The molecule has 0 saturated heterocycles. The summed E-state index contributed by atoms with van der Waals surface area (Å²) in [5, 5.41) is 15.8. The van der Waals surface area contributed by atoms with Gasteiger partial charge in [-0.3, -0.25) is 8.97 Å². The molecule has 3 heterocycles. The molecule has 35 heavy (non-hydrogen) atoms. The Morgan fingerprint density at radius 3 is 2.49 bits per heavy atom. The summed E-state index contributed by atoms with van der Waals surface area (Å²) in [6.45, 7) is 1.29. The van der Waals surface area contributed by atoms with E-state index in [-0.39, 0.29) is 12.1 Å². The topological polar surface area (TPSA) is 90.2 Å². The predicted molar refractivity (Wildman–Crippen MR) is 120 cm³/mol. The monoisotopic (exact) mass is 480 g/mol. The van der Waals surface area contributed by atoms with Gasteiger partial charge in [0.05, 0.1) is 18.3 Å². The van der Waals surface area contributed by atoms with Crippen LogP contribution in [0.3, 0.4) is 0 Å². The van der Waals surface area contributed by atoms with Crippen LogP contribution in [0.1, 0.15) is 18.5 Å². The fourth-order valence-corrected chi connectivity index (χ4v) is 4.13. The molecule has 2 aromatic carbocycles. The minimum Gasteiger partial charge on any atom is -0.381 e. The SMILES string of the molecule is C[C@@H](n1ccc2nc(-c3ccc(F)cc3)cn2c1=O)[C@](O)(Cn1cncn1)c1ccc(F)cc1F. The number of halogens is 3. The molecule has 0 unspecified atom stereocenters. The quantitative estimate of drug-likeness (QED) is 0.403. The normalized spacial score (nSPS) is 14.2. The van der Waals surface area contributed by atoms with Gasteiger partial charge in [0.25, 0.3) is 0 Å². The zero-order valence-corrected chi connectivity index (χ0v) is 18.4. The molecular formula is C24H19F3N6O2. The lowest BCUT2D eigenvalue weighted by Crippen LogP contribution is -2.44. The highest BCUT2D eigenvalue weighted by molar-refractivity contribution is 5.62. The zero-order chi connectivity index (χ0) is 24.7. The van der Waals surface area contributed by atoms with Gasteiger partial charge in [0.15, 0.2) is 0 Å². The van der Waals surface area contributed by atoms with Gasteiger partial charge >= 0.3 is 5.69 Å². The second-order valence-electron chi connectivity index (χ2n) is 8.18. The Morgan fingerprint density at radius 1 is 1.06 bits per heavy atom. The second kappa shape index (κ2) is 8.51. The standard InChI is InChI=1S/C24H19F3N6O2/c1-15(24(35,12-31-14-28-13-29-31)19-7-6-18(26)10-20(19)27)32-9-8-22-30-21(11-33(22)23(32)34)16-2-4-17(25)5-3-16/h2-11,13-15,35H,12H2,1H3/t15-,24-/m1/s1. The van der Waals surface area contributed by atoms with Gasteiger partial charge in [0, 0.05) is 29.6 Å². The van der Waals surface area contributed by atoms with Crippen LogP contribution in [0.2, 0.25) is 0 Å². The number of imidazole rings is 1. The van der Waals surface area contributed by atoms with Crippen LogP contribution in [-0.4, -0.2) is 33.8 Å². The van der Waals surface area contributed by atoms with Crippen molar-refractivity contribution in [1.29, 1.82) is 0 Å². The Hall–Kier alpha value is -4.25. The average Bonchev–Trinajstić information content (AvgIpc) is 3.49. The van der Waals surface area contributed by atoms with Gasteiger partial charge in [0.2, 0.25) is 0 Å². The first-order chi connectivity index (χ1) is 16.8. The number of benzene rings is 2. The fourth-order valence-electron chi connectivity index (χ4n) is 4.13. The first kappa shape index (κ1) is 22.5. The van der Waals surface area contributed by atoms with Crippen molar-refractivity contribution in [2.75, 3.05) is 0 Å². The van der Waals surface area contributed by atoms with E-state index in [4.69, 9.17) is 0 Å². The number of hydrogen-bond acceptors (Lipinski definition) is 5. The van der Waals surface area contributed by atoms with E-state index in [1.807, 2.05) is 0 Å². The van der Waals surface area contributed by atoms with Crippen LogP contribution in [-0.2, 0) is 12.1 Å². The molecule has 0 spiro atoms. The predicted octanol–water partition coefficient (Wildman–Crippen LogP) is 3.32. The smallest absolute Gasteiger partial charge is 0.334 e. The van der Waals surface area contributed by atoms with Gasteiger partial charge in [-0.25, -0.2) is 32.6 Å². The van der Waals surface area contributed by atoms with E-state index >= 15 is 0 Å². The van der Waals surface area contributed by atoms with Crippen LogP contribution in [0.5, 0.6) is 0 Å². The largest absolute Gasteiger partial charge is 0.381 e. The van der Waals surface area contributed by atoms with Crippen LogP contribution in [0.4, 0.5) is 13.2 Å². The summed E-state index contributed by atoms with van der Waals surface area (Å²) in [6, 6.07) is 9.08. The Bertz CT molecular complexity index is 1560. The highest BCUT2D eigenvalue weighted by Crippen LogP contribution is 2.36. The molecule has 0 saturated carbocycles. The lowest BCUT2D eigenvalue weighted by atomic mass is 9.86. The molecule has 8 nitrogen and oxygen atoms in total. The maximum Gasteiger partial charge on any atom is 0.334 e. The van der Waals surface area contributed by atoms with Gasteiger partial charge in [0.1, 0.15) is 41.4 Å². The first-order valence-electron chi connectivity index (χ1n) is 10.6. The zero-order valence-electron chi connectivity index (χ0n) is 18.4. The first-order valence-corrected chi connectivity index (χ1v) is 10.6. The van der Waals surface area contributed by atoms with Crippen molar-refractivity contribution in [2.24, 2.45) is 0 Å². The van der Waals surface area contributed by atoms with Crippen molar-refractivity contribution in [3.8, 4) is 11.3 Å². The summed E-state index contributed by atoms with van der Waals surface area (Å²) in [5.74, 6) is -2.16. The third kappa shape index (κ3) is 3.99. The van der Waals surface area contributed by atoms with Crippen LogP contribution in [0.15, 0.2) is 78.4 Å². The molecule has 0 aliphatic heterocycles. The van der Waals surface area contributed by atoms with Crippen molar-refractivity contribution in [3.05, 3.63) is 107 Å². The highest BCUT2D eigenvalue weighted by Gasteiger charge is 2.41. The van der Waals surface area contributed by atoms with Crippen molar-refractivity contribution < 1.29 is 18.3 Å². The molecule has 5 rings (SSSR count). The van der Waals surface area contributed by atoms with E-state index in [9.17, 15) is 23.1 Å². The van der Waals surface area contributed by atoms with Gasteiger partial charge in [-0.15, -0.1) is 0 Å². The summed E-state index contributed by atoms with van der Waals surface area (Å²) in [5.41, 5.74) is -1.35. The summed E-state index contributed by atoms with van der Waals surface area (Å²) >= 11 is 0. The number of fused-ring (bicyclic) bond motifs is 1. The molecule has 0 fully saturated rings. The molecule has 0 amide bonds. The van der Waals surface area contributed by atoms with E-state index < -0.39 is 34.8 Å². The van der Waals surface area contributed by atoms with Crippen LogP contribution in [0, 0.1) is 17.5 Å². The molecule has 3 aromatic heterocycles. The Kier molecular flexibility index (Phi) is 5.48. The third-order valence-electron chi connectivity index (χ3n) is 6.06. The second-order valence-corrected chi connectivity index (χ2v) is 8.18. The summed E-state index contributed by atoms with van der Waals surface area (Å²) < 4.78 is 45.6. The number of rotatable bonds is 6. The number of aromatic nitrogens is 6. The molecule has 11 heteroatoms. The Balaban J connectivity index is 1.62. The highest BCUT2D eigenvalue weighted by atomic mass is 19.1. The van der Waals surface area contributed by atoms with Gasteiger partial charge in [-0.1, -0.05) is 6.07 Å². The molecule has 2 atom stereocenters.